The quantitative estimate of drug-likeness (QED) is 0.641. The molecule has 28 heavy (non-hydrogen) atoms. The van der Waals surface area contributed by atoms with Crippen LogP contribution in [0.15, 0.2) is 58.0 Å². The molecule has 0 unspecified atom stereocenters. The van der Waals surface area contributed by atoms with Crippen molar-refractivity contribution in [3.05, 3.63) is 69.9 Å². The number of rotatable bonds is 5. The zero-order valence-electron chi connectivity index (χ0n) is 16.1. The maximum absolute atomic E-state index is 14.5. The Bertz CT molecular complexity index is 1010. The van der Waals surface area contributed by atoms with Gasteiger partial charge in [-0.1, -0.05) is 46.3 Å². The van der Waals surface area contributed by atoms with Crippen molar-refractivity contribution in [2.45, 2.75) is 37.7 Å². The molecule has 1 aliphatic rings. The topological polar surface area (TPSA) is 55.7 Å². The first-order chi connectivity index (χ1) is 13.1. The van der Waals surface area contributed by atoms with Gasteiger partial charge in [0.1, 0.15) is 10.6 Å². The summed E-state index contributed by atoms with van der Waals surface area (Å²) in [5, 5.41) is 0. The third-order valence-corrected chi connectivity index (χ3v) is 8.56. The van der Waals surface area contributed by atoms with E-state index < -0.39 is 25.9 Å². The zero-order valence-corrected chi connectivity index (χ0v) is 18.5. The van der Waals surface area contributed by atoms with Gasteiger partial charge < -0.3 is 4.74 Å². The largest absolute Gasteiger partial charge is 0.375 e. The van der Waals surface area contributed by atoms with Crippen LogP contribution in [0.3, 0.4) is 0 Å². The minimum atomic E-state index is -3.65. The molecule has 3 rings (SSSR count). The van der Waals surface area contributed by atoms with E-state index in [0.717, 1.165) is 5.56 Å². The van der Waals surface area contributed by atoms with Crippen molar-refractivity contribution in [2.75, 3.05) is 12.4 Å². The SMILES string of the molecule is CC1=N[C@](C)(c2cc(Br)ccc2F)CS(=O)(=O)[C@@]1(C)COCc1ccccc1. The molecule has 4 nitrogen and oxygen atoms in total. The summed E-state index contributed by atoms with van der Waals surface area (Å²) in [6.07, 6.45) is 0. The molecule has 1 aliphatic heterocycles. The molecule has 2 aromatic carbocycles. The summed E-state index contributed by atoms with van der Waals surface area (Å²) in [4.78, 5) is 4.66. The highest BCUT2D eigenvalue weighted by molar-refractivity contribution is 9.10. The molecular formula is C21H23BrFNO3S. The standard InChI is InChI=1S/C21H23BrFNO3S/c1-15-21(3,13-27-12-16-7-5-4-6-8-16)28(25,26)14-20(2,24-15)18-11-17(22)9-10-19(18)23/h4-11H,12-14H2,1-3H3/t20-,21-/m0/s1. The minimum absolute atomic E-state index is 0.00337. The Morgan fingerprint density at radius 1 is 1.18 bits per heavy atom. The van der Waals surface area contributed by atoms with Gasteiger partial charge in [-0.2, -0.15) is 0 Å². The number of nitrogens with zero attached hydrogens (tertiary/aromatic N) is 1. The predicted octanol–water partition coefficient (Wildman–Crippen LogP) is 4.67. The van der Waals surface area contributed by atoms with Gasteiger partial charge in [-0.05, 0) is 44.5 Å². The fourth-order valence-corrected chi connectivity index (χ4v) is 5.85. The van der Waals surface area contributed by atoms with Crippen molar-refractivity contribution in [1.82, 2.24) is 0 Å². The molecule has 7 heteroatoms. The van der Waals surface area contributed by atoms with Crippen molar-refractivity contribution in [1.29, 1.82) is 0 Å². The Morgan fingerprint density at radius 2 is 1.86 bits per heavy atom. The molecule has 0 radical (unpaired) electrons. The fraction of sp³-hybridized carbons (Fsp3) is 0.381. The van der Waals surface area contributed by atoms with Gasteiger partial charge in [-0.15, -0.1) is 0 Å². The predicted molar refractivity (Wildman–Crippen MR) is 113 cm³/mol. The van der Waals surface area contributed by atoms with Crippen molar-refractivity contribution in [2.24, 2.45) is 4.99 Å². The smallest absolute Gasteiger partial charge is 0.166 e. The second-order valence-corrected chi connectivity index (χ2v) is 10.9. The third kappa shape index (κ3) is 3.93. The average molecular weight is 468 g/mol. The van der Waals surface area contributed by atoms with E-state index in [1.165, 1.54) is 6.07 Å². The summed E-state index contributed by atoms with van der Waals surface area (Å²) >= 11 is 3.32. The normalized spacial score (nSPS) is 26.7. The first-order valence-corrected chi connectivity index (χ1v) is 11.4. The Balaban J connectivity index is 1.90. The van der Waals surface area contributed by atoms with Crippen LogP contribution in [0.25, 0.3) is 0 Å². The van der Waals surface area contributed by atoms with E-state index >= 15 is 0 Å². The number of sulfone groups is 1. The summed E-state index contributed by atoms with van der Waals surface area (Å²) in [7, 11) is -3.65. The second kappa shape index (κ2) is 7.69. The van der Waals surface area contributed by atoms with Crippen LogP contribution in [0, 0.1) is 5.82 Å². The fourth-order valence-electron chi connectivity index (χ4n) is 3.46. The summed E-state index contributed by atoms with van der Waals surface area (Å²) in [6, 6.07) is 14.1. The van der Waals surface area contributed by atoms with Gasteiger partial charge in [-0.25, -0.2) is 12.8 Å². The molecule has 0 spiro atoms. The lowest BCUT2D eigenvalue weighted by molar-refractivity contribution is 0.112. The van der Waals surface area contributed by atoms with E-state index in [-0.39, 0.29) is 17.9 Å². The van der Waals surface area contributed by atoms with Crippen LogP contribution in [0.1, 0.15) is 31.9 Å². The molecule has 0 aromatic heterocycles. The van der Waals surface area contributed by atoms with E-state index in [2.05, 4.69) is 20.9 Å². The highest BCUT2D eigenvalue weighted by Crippen LogP contribution is 2.39. The molecule has 2 aromatic rings. The van der Waals surface area contributed by atoms with Gasteiger partial charge in [0, 0.05) is 15.7 Å². The third-order valence-electron chi connectivity index (χ3n) is 5.33. The van der Waals surface area contributed by atoms with E-state index in [1.54, 1.807) is 32.9 Å². The van der Waals surface area contributed by atoms with Gasteiger partial charge in [-0.3, -0.25) is 4.99 Å². The maximum atomic E-state index is 14.5. The van der Waals surface area contributed by atoms with E-state index in [0.29, 0.717) is 16.8 Å². The molecule has 1 heterocycles. The molecule has 0 N–H and O–H groups in total. The number of hydrogen-bond acceptors (Lipinski definition) is 4. The minimum Gasteiger partial charge on any atom is -0.375 e. The number of aliphatic imine (C=N–C) groups is 1. The van der Waals surface area contributed by atoms with Crippen LogP contribution in [0.2, 0.25) is 0 Å². The summed E-state index contributed by atoms with van der Waals surface area (Å²) in [5.74, 6) is -0.753. The zero-order chi connectivity index (χ0) is 20.6. The van der Waals surface area contributed by atoms with E-state index in [4.69, 9.17) is 4.74 Å². The summed E-state index contributed by atoms with van der Waals surface area (Å²) < 4.78 is 46.1. The van der Waals surface area contributed by atoms with Gasteiger partial charge in [0.25, 0.3) is 0 Å². The molecule has 0 saturated carbocycles. The highest BCUT2D eigenvalue weighted by Gasteiger charge is 2.51. The molecule has 0 aliphatic carbocycles. The van der Waals surface area contributed by atoms with E-state index in [9.17, 15) is 12.8 Å². The molecule has 0 amide bonds. The molecular weight excluding hydrogens is 445 g/mol. The van der Waals surface area contributed by atoms with Crippen molar-refractivity contribution in [3.63, 3.8) is 0 Å². The van der Waals surface area contributed by atoms with Crippen molar-refractivity contribution < 1.29 is 17.5 Å². The van der Waals surface area contributed by atoms with Crippen molar-refractivity contribution >= 4 is 31.5 Å². The Morgan fingerprint density at radius 3 is 2.50 bits per heavy atom. The summed E-state index contributed by atoms with van der Waals surface area (Å²) in [6.45, 7) is 5.27. The van der Waals surface area contributed by atoms with Crippen LogP contribution in [-0.2, 0) is 26.7 Å². The van der Waals surface area contributed by atoms with Gasteiger partial charge >= 0.3 is 0 Å². The molecule has 0 bridgehead atoms. The number of hydrogen-bond donors (Lipinski definition) is 0. The van der Waals surface area contributed by atoms with Crippen LogP contribution < -0.4 is 0 Å². The lowest BCUT2D eigenvalue weighted by atomic mass is 9.92. The first kappa shape index (κ1) is 21.1. The van der Waals surface area contributed by atoms with Crippen molar-refractivity contribution in [3.8, 4) is 0 Å². The van der Waals surface area contributed by atoms with Crippen LogP contribution in [-0.4, -0.2) is 31.2 Å². The average Bonchev–Trinajstić information content (AvgIpc) is 2.62. The molecule has 0 saturated heterocycles. The lowest BCUT2D eigenvalue weighted by Crippen LogP contribution is -2.55. The van der Waals surface area contributed by atoms with Gasteiger partial charge in [0.05, 0.1) is 24.5 Å². The Kier molecular flexibility index (Phi) is 5.81. The number of benzene rings is 2. The molecule has 0 fully saturated rings. The summed E-state index contributed by atoms with van der Waals surface area (Å²) in [5.41, 5.74) is 0.469. The van der Waals surface area contributed by atoms with Crippen LogP contribution >= 0.6 is 15.9 Å². The Hall–Kier alpha value is -1.57. The van der Waals surface area contributed by atoms with Crippen LogP contribution in [0.4, 0.5) is 4.39 Å². The monoisotopic (exact) mass is 467 g/mol. The molecule has 150 valence electrons. The Labute approximate surface area is 173 Å². The highest BCUT2D eigenvalue weighted by atomic mass is 79.9. The van der Waals surface area contributed by atoms with E-state index in [1.807, 2.05) is 30.3 Å². The number of ether oxygens (including phenoxy) is 1. The first-order valence-electron chi connectivity index (χ1n) is 8.94. The van der Waals surface area contributed by atoms with Crippen LogP contribution in [0.5, 0.6) is 0 Å². The number of halogens is 2. The molecule has 2 atom stereocenters. The maximum Gasteiger partial charge on any atom is 0.166 e. The van der Waals surface area contributed by atoms with Gasteiger partial charge in [0.2, 0.25) is 0 Å². The lowest BCUT2D eigenvalue weighted by Gasteiger charge is -2.40. The van der Waals surface area contributed by atoms with Gasteiger partial charge in [0.15, 0.2) is 9.84 Å². The second-order valence-electron chi connectivity index (χ2n) is 7.56.